The van der Waals surface area contributed by atoms with Crippen molar-refractivity contribution in [1.82, 2.24) is 5.32 Å². The predicted molar refractivity (Wildman–Crippen MR) is 39.8 cm³/mol. The third-order valence-corrected chi connectivity index (χ3v) is 0.539. The van der Waals surface area contributed by atoms with Crippen LogP contribution in [0.4, 0.5) is 0 Å². The largest absolute Gasteiger partial charge is 0.391 e. The molecular weight excluding hydrogens is 98.1 g/mol. The van der Waals surface area contributed by atoms with Crippen molar-refractivity contribution >= 4 is 0 Å². The first-order valence-electron chi connectivity index (χ1n) is 3.26. The molecule has 0 spiro atoms. The summed E-state index contributed by atoms with van der Waals surface area (Å²) in [6.07, 6.45) is 2.88. The molecule has 1 N–H and O–H groups in total. The Balaban J connectivity index is 0. The van der Waals surface area contributed by atoms with Gasteiger partial charge in [0.25, 0.3) is 0 Å². The fourth-order valence-corrected chi connectivity index (χ4v) is 0.246. The molecule has 0 aliphatic heterocycles. The molecule has 0 aliphatic rings. The Morgan fingerprint density at radius 3 is 2.12 bits per heavy atom. The average molecular weight is 115 g/mol. The molecule has 8 heavy (non-hydrogen) atoms. The van der Waals surface area contributed by atoms with Gasteiger partial charge in [-0.15, -0.1) is 0 Å². The second-order valence-electron chi connectivity index (χ2n) is 1.16. The molecule has 0 atom stereocenters. The number of hydrogen-bond donors (Lipinski definition) is 1. The lowest BCUT2D eigenvalue weighted by molar-refractivity contribution is 0.811. The van der Waals surface area contributed by atoms with Gasteiger partial charge in [-0.25, -0.2) is 0 Å². The summed E-state index contributed by atoms with van der Waals surface area (Å²) in [5.74, 6) is 0. The maximum Gasteiger partial charge on any atom is 0.0138 e. The summed E-state index contributed by atoms with van der Waals surface area (Å²) in [7, 11) is 0. The van der Waals surface area contributed by atoms with Gasteiger partial charge in [0.05, 0.1) is 0 Å². The van der Waals surface area contributed by atoms with Gasteiger partial charge in [0.1, 0.15) is 0 Å². The highest BCUT2D eigenvalue weighted by atomic mass is 14.8. The lowest BCUT2D eigenvalue weighted by Gasteiger charge is -1.89. The van der Waals surface area contributed by atoms with Crippen molar-refractivity contribution in [3.63, 3.8) is 0 Å². The first-order valence-corrected chi connectivity index (χ1v) is 3.26. The van der Waals surface area contributed by atoms with Crippen LogP contribution in [0, 0.1) is 0 Å². The Kier molecular flexibility index (Phi) is 21.0. The van der Waals surface area contributed by atoms with Crippen molar-refractivity contribution in [2.45, 2.75) is 27.2 Å². The molecular formula is C7H17N. The Morgan fingerprint density at radius 1 is 1.50 bits per heavy atom. The molecule has 0 aliphatic carbocycles. The highest BCUT2D eigenvalue weighted by Crippen LogP contribution is 1.65. The first-order chi connectivity index (χ1) is 3.91. The molecule has 0 saturated heterocycles. The van der Waals surface area contributed by atoms with E-state index in [1.807, 2.05) is 13.8 Å². The van der Waals surface area contributed by atoms with Gasteiger partial charge in [-0.05, 0) is 12.6 Å². The molecule has 0 heterocycles. The van der Waals surface area contributed by atoms with Crippen LogP contribution in [0.5, 0.6) is 0 Å². The Morgan fingerprint density at radius 2 is 2.00 bits per heavy atom. The predicted octanol–water partition coefficient (Wildman–Crippen LogP) is 2.16. The maximum atomic E-state index is 3.49. The van der Waals surface area contributed by atoms with Gasteiger partial charge in [0, 0.05) is 6.54 Å². The SMILES string of the molecule is C=CNCCC.CC. The molecule has 50 valence electrons. The molecule has 0 amide bonds. The smallest absolute Gasteiger partial charge is 0.0138 e. The summed E-state index contributed by atoms with van der Waals surface area (Å²) in [5.41, 5.74) is 0. The molecule has 0 bridgehead atoms. The quantitative estimate of drug-likeness (QED) is 0.556. The van der Waals surface area contributed by atoms with Crippen LogP contribution in [0.25, 0.3) is 0 Å². The van der Waals surface area contributed by atoms with Gasteiger partial charge in [-0.3, -0.25) is 0 Å². The zero-order valence-corrected chi connectivity index (χ0v) is 6.20. The van der Waals surface area contributed by atoms with Crippen LogP contribution in [0.15, 0.2) is 12.8 Å². The van der Waals surface area contributed by atoms with E-state index in [4.69, 9.17) is 0 Å². The van der Waals surface area contributed by atoms with Crippen molar-refractivity contribution in [2.24, 2.45) is 0 Å². The van der Waals surface area contributed by atoms with Crippen LogP contribution < -0.4 is 5.32 Å². The van der Waals surface area contributed by atoms with E-state index in [1.165, 1.54) is 6.42 Å². The molecule has 1 nitrogen and oxygen atoms in total. The van der Waals surface area contributed by atoms with Gasteiger partial charge >= 0.3 is 0 Å². The molecule has 0 saturated carbocycles. The summed E-state index contributed by atoms with van der Waals surface area (Å²) in [6, 6.07) is 0. The van der Waals surface area contributed by atoms with Crippen molar-refractivity contribution in [2.75, 3.05) is 6.54 Å². The van der Waals surface area contributed by atoms with E-state index < -0.39 is 0 Å². The van der Waals surface area contributed by atoms with E-state index >= 15 is 0 Å². The van der Waals surface area contributed by atoms with Crippen LogP contribution in [0.2, 0.25) is 0 Å². The highest BCUT2D eigenvalue weighted by Gasteiger charge is 1.66. The average Bonchev–Trinajstić information content (AvgIpc) is 1.88. The van der Waals surface area contributed by atoms with Crippen molar-refractivity contribution < 1.29 is 0 Å². The van der Waals surface area contributed by atoms with E-state index in [0.29, 0.717) is 0 Å². The standard InChI is InChI=1S/C5H11N.C2H6/c1-3-5-6-4-2;1-2/h4,6H,2-3,5H2,1H3;1-2H3. The summed E-state index contributed by atoms with van der Waals surface area (Å²) < 4.78 is 0. The number of rotatable bonds is 3. The molecule has 0 fully saturated rings. The molecule has 0 unspecified atom stereocenters. The van der Waals surface area contributed by atoms with E-state index in [0.717, 1.165) is 6.54 Å². The molecule has 0 aromatic carbocycles. The summed E-state index contributed by atoms with van der Waals surface area (Å²) >= 11 is 0. The monoisotopic (exact) mass is 115 g/mol. The summed E-state index contributed by atoms with van der Waals surface area (Å²) in [6.45, 7) is 10.7. The third kappa shape index (κ3) is 17.7. The van der Waals surface area contributed by atoms with Gasteiger partial charge in [0.2, 0.25) is 0 Å². The lowest BCUT2D eigenvalue weighted by Crippen LogP contribution is -2.03. The molecule has 0 radical (unpaired) electrons. The molecule has 1 heteroatoms. The number of nitrogens with one attached hydrogen (secondary N) is 1. The zero-order chi connectivity index (χ0) is 6.83. The fourth-order valence-electron chi connectivity index (χ4n) is 0.246. The zero-order valence-electron chi connectivity index (χ0n) is 6.20. The summed E-state index contributed by atoms with van der Waals surface area (Å²) in [4.78, 5) is 0. The highest BCUT2D eigenvalue weighted by molar-refractivity contribution is 4.60. The van der Waals surface area contributed by atoms with Crippen molar-refractivity contribution in [3.05, 3.63) is 12.8 Å². The Bertz CT molecular complexity index is 33.4. The Labute approximate surface area is 52.8 Å². The van der Waals surface area contributed by atoms with Crippen LogP contribution >= 0.6 is 0 Å². The summed E-state index contributed by atoms with van der Waals surface area (Å²) in [5, 5.41) is 2.96. The van der Waals surface area contributed by atoms with E-state index in [9.17, 15) is 0 Å². The normalized spacial score (nSPS) is 6.38. The van der Waals surface area contributed by atoms with Crippen LogP contribution in [0.1, 0.15) is 27.2 Å². The minimum absolute atomic E-state index is 1.05. The number of hydrogen-bond acceptors (Lipinski definition) is 1. The first kappa shape index (κ1) is 10.5. The molecule has 0 aromatic heterocycles. The van der Waals surface area contributed by atoms with E-state index in [-0.39, 0.29) is 0 Å². The van der Waals surface area contributed by atoms with Crippen LogP contribution in [-0.2, 0) is 0 Å². The lowest BCUT2D eigenvalue weighted by atomic mass is 10.5. The minimum atomic E-state index is 1.05. The minimum Gasteiger partial charge on any atom is -0.391 e. The van der Waals surface area contributed by atoms with Crippen molar-refractivity contribution in [3.8, 4) is 0 Å². The van der Waals surface area contributed by atoms with Crippen LogP contribution in [-0.4, -0.2) is 6.54 Å². The third-order valence-electron chi connectivity index (χ3n) is 0.539. The van der Waals surface area contributed by atoms with E-state index in [1.54, 1.807) is 6.20 Å². The van der Waals surface area contributed by atoms with Gasteiger partial charge in [0.15, 0.2) is 0 Å². The maximum absolute atomic E-state index is 3.49. The van der Waals surface area contributed by atoms with Gasteiger partial charge in [-0.2, -0.15) is 0 Å². The van der Waals surface area contributed by atoms with Gasteiger partial charge < -0.3 is 5.32 Å². The second-order valence-corrected chi connectivity index (χ2v) is 1.16. The fraction of sp³-hybridized carbons (Fsp3) is 0.714. The van der Waals surface area contributed by atoms with Gasteiger partial charge in [-0.1, -0.05) is 27.4 Å². The van der Waals surface area contributed by atoms with Crippen LogP contribution in [0.3, 0.4) is 0 Å². The second kappa shape index (κ2) is 16.0. The Hall–Kier alpha value is -0.460. The van der Waals surface area contributed by atoms with Crippen molar-refractivity contribution in [1.29, 1.82) is 0 Å². The van der Waals surface area contributed by atoms with E-state index in [2.05, 4.69) is 18.8 Å². The topological polar surface area (TPSA) is 12.0 Å². The molecule has 0 aromatic rings. The molecule has 0 rings (SSSR count).